The summed E-state index contributed by atoms with van der Waals surface area (Å²) in [4.78, 5) is 22.6. The molecule has 0 aliphatic heterocycles. The molecule has 0 atom stereocenters. The molecule has 0 unspecified atom stereocenters. The Bertz CT molecular complexity index is 748. The third-order valence-corrected chi connectivity index (χ3v) is 4.59. The third kappa shape index (κ3) is 4.03. The quantitative estimate of drug-likeness (QED) is 0.637. The van der Waals surface area contributed by atoms with Gasteiger partial charge < -0.3 is 10.4 Å². The normalized spacial score (nSPS) is 20.2. The van der Waals surface area contributed by atoms with E-state index in [0.717, 1.165) is 25.7 Å². The Hall–Kier alpha value is -2.74. The lowest BCUT2D eigenvalue weighted by Crippen LogP contribution is -2.38. The Morgan fingerprint density at radius 1 is 1.24 bits per heavy atom. The van der Waals surface area contributed by atoms with Gasteiger partial charge in [0.2, 0.25) is 0 Å². The largest absolute Gasteiger partial charge is 0.396 e. The summed E-state index contributed by atoms with van der Waals surface area (Å²) in [6, 6.07) is 7.70. The van der Waals surface area contributed by atoms with E-state index in [-0.39, 0.29) is 24.2 Å². The van der Waals surface area contributed by atoms with E-state index < -0.39 is 4.92 Å². The molecule has 0 saturated heterocycles. The van der Waals surface area contributed by atoms with Gasteiger partial charge in [-0.3, -0.25) is 14.9 Å². The van der Waals surface area contributed by atoms with E-state index in [0.29, 0.717) is 17.3 Å². The molecule has 0 radical (unpaired) electrons. The van der Waals surface area contributed by atoms with Crippen LogP contribution in [0.1, 0.15) is 36.2 Å². The van der Waals surface area contributed by atoms with E-state index in [2.05, 4.69) is 10.4 Å². The fourth-order valence-corrected chi connectivity index (χ4v) is 3.06. The van der Waals surface area contributed by atoms with Crippen molar-refractivity contribution in [2.75, 3.05) is 6.61 Å². The Morgan fingerprint density at radius 3 is 2.52 bits per heavy atom. The third-order valence-electron chi connectivity index (χ3n) is 4.59. The Morgan fingerprint density at radius 2 is 1.92 bits per heavy atom. The van der Waals surface area contributed by atoms with E-state index in [9.17, 15) is 14.9 Å². The molecular formula is C17H20N4O4. The highest BCUT2D eigenvalue weighted by Crippen LogP contribution is 2.24. The monoisotopic (exact) mass is 344 g/mol. The summed E-state index contributed by atoms with van der Waals surface area (Å²) >= 11 is 0. The number of aliphatic hydroxyl groups excluding tert-OH is 1. The minimum absolute atomic E-state index is 0.00681. The van der Waals surface area contributed by atoms with Crippen LogP contribution in [0.15, 0.2) is 36.5 Å². The fraction of sp³-hybridized carbons (Fsp3) is 0.412. The molecule has 2 N–H and O–H groups in total. The molecule has 1 aliphatic rings. The molecule has 1 fully saturated rings. The molecule has 1 saturated carbocycles. The van der Waals surface area contributed by atoms with Gasteiger partial charge in [-0.05, 0) is 49.8 Å². The van der Waals surface area contributed by atoms with Crippen molar-refractivity contribution in [3.05, 3.63) is 52.3 Å². The molecule has 2 aromatic rings. The predicted molar refractivity (Wildman–Crippen MR) is 90.5 cm³/mol. The van der Waals surface area contributed by atoms with Crippen LogP contribution >= 0.6 is 0 Å². The Kier molecular flexibility index (Phi) is 5.08. The molecule has 1 aromatic heterocycles. The Balaban J connectivity index is 1.62. The molecule has 1 aliphatic carbocycles. The van der Waals surface area contributed by atoms with Crippen LogP contribution in [-0.2, 0) is 0 Å². The molecule has 132 valence electrons. The van der Waals surface area contributed by atoms with Gasteiger partial charge in [0.25, 0.3) is 11.6 Å². The van der Waals surface area contributed by atoms with Crippen LogP contribution in [-0.4, -0.2) is 38.4 Å². The predicted octanol–water partition coefficient (Wildman–Crippen LogP) is 2.06. The van der Waals surface area contributed by atoms with Gasteiger partial charge in [-0.15, -0.1) is 0 Å². The lowest BCUT2D eigenvalue weighted by Gasteiger charge is -2.27. The zero-order valence-electron chi connectivity index (χ0n) is 13.7. The number of carbonyl (C=O) groups is 1. The SMILES string of the molecule is O=C(NC1CCC(CO)CC1)c1ccn(-c2ccc([N+](=O)[O-])cc2)n1. The summed E-state index contributed by atoms with van der Waals surface area (Å²) in [5, 5.41) is 27.1. The van der Waals surface area contributed by atoms with E-state index in [1.807, 2.05) is 0 Å². The number of nitro benzene ring substituents is 1. The molecule has 0 bridgehead atoms. The summed E-state index contributed by atoms with van der Waals surface area (Å²) in [5.74, 6) is 0.114. The zero-order chi connectivity index (χ0) is 17.8. The average Bonchev–Trinajstić information content (AvgIpc) is 3.13. The number of non-ortho nitro benzene ring substituents is 1. The highest BCUT2D eigenvalue weighted by molar-refractivity contribution is 5.92. The molecule has 1 amide bonds. The van der Waals surface area contributed by atoms with Gasteiger partial charge in [0.15, 0.2) is 5.69 Å². The van der Waals surface area contributed by atoms with Crippen molar-refractivity contribution in [1.82, 2.24) is 15.1 Å². The second-order valence-electron chi connectivity index (χ2n) is 6.29. The summed E-state index contributed by atoms with van der Waals surface area (Å²) in [6.45, 7) is 0.209. The van der Waals surface area contributed by atoms with E-state index in [4.69, 9.17) is 5.11 Å². The first-order valence-corrected chi connectivity index (χ1v) is 8.29. The van der Waals surface area contributed by atoms with Crippen molar-refractivity contribution >= 4 is 11.6 Å². The summed E-state index contributed by atoms with van der Waals surface area (Å²) in [7, 11) is 0. The number of amides is 1. The Labute approximate surface area is 144 Å². The first-order chi connectivity index (χ1) is 12.1. The van der Waals surface area contributed by atoms with Crippen LogP contribution in [0.25, 0.3) is 5.69 Å². The number of hydrogen-bond donors (Lipinski definition) is 2. The van der Waals surface area contributed by atoms with Gasteiger partial charge >= 0.3 is 0 Å². The molecule has 1 heterocycles. The van der Waals surface area contributed by atoms with Gasteiger partial charge in [-0.1, -0.05) is 0 Å². The number of hydrogen-bond acceptors (Lipinski definition) is 5. The van der Waals surface area contributed by atoms with Gasteiger partial charge in [0.05, 0.1) is 10.6 Å². The fourth-order valence-electron chi connectivity index (χ4n) is 3.06. The number of nitrogens with one attached hydrogen (secondary N) is 1. The number of aromatic nitrogens is 2. The molecule has 1 aromatic carbocycles. The molecule has 8 nitrogen and oxygen atoms in total. The molecule has 3 rings (SSSR count). The van der Waals surface area contributed by atoms with E-state index in [1.165, 1.54) is 16.8 Å². The average molecular weight is 344 g/mol. The minimum Gasteiger partial charge on any atom is -0.396 e. The van der Waals surface area contributed by atoms with E-state index in [1.54, 1.807) is 24.4 Å². The highest BCUT2D eigenvalue weighted by atomic mass is 16.6. The lowest BCUT2D eigenvalue weighted by molar-refractivity contribution is -0.384. The van der Waals surface area contributed by atoms with Crippen molar-refractivity contribution in [1.29, 1.82) is 0 Å². The van der Waals surface area contributed by atoms with Crippen LogP contribution in [0.2, 0.25) is 0 Å². The van der Waals surface area contributed by atoms with Crippen molar-refractivity contribution in [3.8, 4) is 5.69 Å². The number of benzene rings is 1. The van der Waals surface area contributed by atoms with Gasteiger partial charge in [-0.25, -0.2) is 4.68 Å². The van der Waals surface area contributed by atoms with Crippen molar-refractivity contribution < 1.29 is 14.8 Å². The van der Waals surface area contributed by atoms with Gasteiger partial charge in [0.1, 0.15) is 0 Å². The molecule has 25 heavy (non-hydrogen) atoms. The summed E-state index contributed by atoms with van der Waals surface area (Å²) in [6.07, 6.45) is 5.20. The summed E-state index contributed by atoms with van der Waals surface area (Å²) < 4.78 is 1.52. The second-order valence-corrected chi connectivity index (χ2v) is 6.29. The number of nitrogens with zero attached hydrogens (tertiary/aromatic N) is 3. The van der Waals surface area contributed by atoms with Crippen molar-refractivity contribution in [2.24, 2.45) is 5.92 Å². The van der Waals surface area contributed by atoms with Crippen molar-refractivity contribution in [2.45, 2.75) is 31.7 Å². The second kappa shape index (κ2) is 7.43. The standard InChI is InChI=1S/C17H20N4O4/c22-11-12-1-3-13(4-2-12)18-17(23)16-9-10-20(19-16)14-5-7-15(8-6-14)21(24)25/h5-10,12-13,22H,1-4,11H2,(H,18,23). The first-order valence-electron chi connectivity index (χ1n) is 8.29. The maximum Gasteiger partial charge on any atom is 0.272 e. The lowest BCUT2D eigenvalue weighted by atomic mass is 9.86. The highest BCUT2D eigenvalue weighted by Gasteiger charge is 2.23. The van der Waals surface area contributed by atoms with Crippen LogP contribution < -0.4 is 5.32 Å². The van der Waals surface area contributed by atoms with E-state index >= 15 is 0 Å². The maximum atomic E-state index is 12.3. The first kappa shape index (κ1) is 17.1. The number of aliphatic hydroxyl groups is 1. The number of carbonyl (C=O) groups excluding carboxylic acids is 1. The topological polar surface area (TPSA) is 110 Å². The smallest absolute Gasteiger partial charge is 0.272 e. The van der Waals surface area contributed by atoms with Crippen LogP contribution in [0, 0.1) is 16.0 Å². The van der Waals surface area contributed by atoms with Crippen molar-refractivity contribution in [3.63, 3.8) is 0 Å². The number of nitro groups is 1. The van der Waals surface area contributed by atoms with Gasteiger partial charge in [-0.2, -0.15) is 5.10 Å². The molecular weight excluding hydrogens is 324 g/mol. The molecule has 8 heteroatoms. The van der Waals surface area contributed by atoms with Crippen LogP contribution in [0.3, 0.4) is 0 Å². The maximum absolute atomic E-state index is 12.3. The summed E-state index contributed by atoms with van der Waals surface area (Å²) in [5.41, 5.74) is 0.961. The van der Waals surface area contributed by atoms with Crippen LogP contribution in [0.4, 0.5) is 5.69 Å². The van der Waals surface area contributed by atoms with Gasteiger partial charge in [0, 0.05) is 31.0 Å². The van der Waals surface area contributed by atoms with Crippen LogP contribution in [0.5, 0.6) is 0 Å². The number of rotatable bonds is 5. The zero-order valence-corrected chi connectivity index (χ0v) is 13.7. The molecule has 0 spiro atoms. The minimum atomic E-state index is -0.461.